The van der Waals surface area contributed by atoms with E-state index in [9.17, 15) is 50.2 Å². The van der Waals surface area contributed by atoms with Crippen LogP contribution in [0.2, 0.25) is 0 Å². The molecule has 30 heteroatoms. The first-order valence-electron chi connectivity index (χ1n) is 37.8. The summed E-state index contributed by atoms with van der Waals surface area (Å²) in [5.74, 6) is 0.945. The lowest BCUT2D eigenvalue weighted by molar-refractivity contribution is -0.700. The molecule has 3 aliphatic carbocycles. The van der Waals surface area contributed by atoms with Crippen LogP contribution in [0.15, 0.2) is 144 Å². The number of aromatic nitrogens is 5. The second kappa shape index (κ2) is 39.1. The normalized spacial score (nSPS) is 15.3. The number of carbonyl (C=O) groups excluding carboxylic acids is 4. The Balaban J connectivity index is 0.647. The summed E-state index contributed by atoms with van der Waals surface area (Å²) in [7, 11) is -5.66. The van der Waals surface area contributed by atoms with Crippen LogP contribution in [0, 0.1) is 17.3 Å². The van der Waals surface area contributed by atoms with Gasteiger partial charge in [0.1, 0.15) is 29.3 Å². The van der Waals surface area contributed by atoms with Crippen LogP contribution < -0.4 is 51.4 Å². The number of nitrogens with zero attached hydrogens (tertiary/aromatic N) is 9. The van der Waals surface area contributed by atoms with Crippen molar-refractivity contribution in [2.45, 2.75) is 179 Å². The molecule has 0 radical (unpaired) electrons. The molecular weight excluding hydrogens is 1450 g/mol. The van der Waals surface area contributed by atoms with Gasteiger partial charge in [0.05, 0.1) is 62.7 Å². The van der Waals surface area contributed by atoms with Crippen LogP contribution in [-0.4, -0.2) is 131 Å². The maximum atomic E-state index is 13.9. The van der Waals surface area contributed by atoms with E-state index in [4.69, 9.17) is 24.2 Å². The highest BCUT2D eigenvalue weighted by molar-refractivity contribution is 7.90. The number of azide groups is 1. The van der Waals surface area contributed by atoms with E-state index in [2.05, 4.69) is 92.4 Å². The van der Waals surface area contributed by atoms with Gasteiger partial charge in [-0.15, -0.1) is 5.10 Å². The number of allylic oxidation sites excluding steroid dienone is 1. The maximum absolute atomic E-state index is 13.9. The molecule has 7 aromatic rings. The highest BCUT2D eigenvalue weighted by Crippen LogP contribution is 2.65. The number of carbonyl (C=O) groups is 4. The number of anilines is 1. The fourth-order valence-electron chi connectivity index (χ4n) is 14.5. The summed E-state index contributed by atoms with van der Waals surface area (Å²) in [5.41, 5.74) is 13.0. The standard InChI is InChI=1S/C80H103N13O15S2/c1-9-90(10-2)63-31-27-55-43-57(78(99)108-69(55)48-63)28-30-62-32-33-65(110(102,103)104)54-91(62)39-21-15-17-25-72(94)82-38-41-107-42-40-92-53-61(87-89-92)51-85-76(97)56-23-22-24-64(44-56)109(100,101)93-52-58(29-34-74(93)96)77(98)83-36-19-13-11-16-26-73(95)84-50-59-45-66(68-49-67(59)80(68,5)6)75-70(105-7)46-60(47-71(75)106-8)79(3,4)35-18-12-14-20-37-86-88-81/h22-24,27-34,43-48,52-54,66-68H,9-21,25-26,35-42,49-51H2,1-8H3,(H4-,82,83,84,85,94,95,97,98,102,103,104)/p+1/t66-,67+,68-/m0/s1. The van der Waals surface area contributed by atoms with Gasteiger partial charge in [-0.1, -0.05) is 87.8 Å². The van der Waals surface area contributed by atoms with Crippen LogP contribution in [0.4, 0.5) is 5.69 Å². The van der Waals surface area contributed by atoms with Crippen molar-refractivity contribution in [3.05, 3.63) is 186 Å². The number of hydrogen-bond donors (Lipinski definition) is 5. The molecule has 0 unspecified atom stereocenters. The van der Waals surface area contributed by atoms with E-state index in [-0.39, 0.29) is 88.7 Å². The van der Waals surface area contributed by atoms with Crippen molar-refractivity contribution in [2.24, 2.45) is 22.4 Å². The van der Waals surface area contributed by atoms with Crippen LogP contribution >= 0.6 is 0 Å². The minimum absolute atomic E-state index is 0.00669. The predicted molar refractivity (Wildman–Crippen MR) is 419 cm³/mol. The molecule has 5 N–H and O–H groups in total. The molecule has 590 valence electrons. The lowest BCUT2D eigenvalue weighted by Gasteiger charge is -2.59. The zero-order chi connectivity index (χ0) is 79.2. The van der Waals surface area contributed by atoms with Crippen LogP contribution in [0.3, 0.4) is 0 Å². The molecule has 0 saturated heterocycles. The highest BCUT2D eigenvalue weighted by atomic mass is 32.2. The van der Waals surface area contributed by atoms with Crippen molar-refractivity contribution in [1.29, 1.82) is 0 Å². The van der Waals surface area contributed by atoms with Gasteiger partial charge in [-0.2, -0.15) is 13.0 Å². The van der Waals surface area contributed by atoms with Gasteiger partial charge in [-0.05, 0) is 159 Å². The monoisotopic (exact) mass is 1550 g/mol. The van der Waals surface area contributed by atoms with Crippen molar-refractivity contribution in [3.8, 4) is 11.5 Å². The number of unbranched alkanes of at least 4 members (excludes halogenated alkanes) is 8. The molecule has 3 atom stereocenters. The van der Waals surface area contributed by atoms with E-state index in [0.717, 1.165) is 116 Å². The number of pyridine rings is 2. The number of benzene rings is 3. The first kappa shape index (κ1) is 84.0. The third-order valence-corrected chi connectivity index (χ3v) is 23.5. The summed E-state index contributed by atoms with van der Waals surface area (Å²) in [6.45, 7) is 17.4. The van der Waals surface area contributed by atoms with Gasteiger partial charge in [-0.25, -0.2) is 21.9 Å². The Morgan fingerprint density at radius 3 is 2.20 bits per heavy atom. The lowest BCUT2D eigenvalue weighted by atomic mass is 9.45. The van der Waals surface area contributed by atoms with Crippen molar-refractivity contribution < 1.29 is 63.8 Å². The fraction of sp³-hybridized carbons (Fsp3) is 0.487. The van der Waals surface area contributed by atoms with Gasteiger partial charge in [0.15, 0.2) is 11.1 Å². The third kappa shape index (κ3) is 22.2. The number of aryl methyl sites for hydroxylation is 1. The molecule has 1 saturated carbocycles. The van der Waals surface area contributed by atoms with Gasteiger partial charge in [0, 0.05) is 122 Å². The molecule has 28 nitrogen and oxygen atoms in total. The first-order valence-corrected chi connectivity index (χ1v) is 40.7. The minimum atomic E-state index is -4.58. The average Bonchev–Trinajstić information content (AvgIpc) is 0.756. The zero-order valence-corrected chi connectivity index (χ0v) is 65.8. The fourth-order valence-corrected chi connectivity index (χ4v) is 16.3. The molecule has 4 amide bonds. The molecule has 2 bridgehead atoms. The van der Waals surface area contributed by atoms with E-state index in [1.165, 1.54) is 52.8 Å². The Labute approximate surface area is 642 Å². The summed E-state index contributed by atoms with van der Waals surface area (Å²) < 4.78 is 89.0. The summed E-state index contributed by atoms with van der Waals surface area (Å²) >= 11 is 0. The first-order chi connectivity index (χ1) is 52.7. The van der Waals surface area contributed by atoms with Crippen molar-refractivity contribution in [3.63, 3.8) is 0 Å². The third-order valence-electron chi connectivity index (χ3n) is 21.0. The number of fused-ring (bicyclic) bond motifs is 2. The zero-order valence-electron chi connectivity index (χ0n) is 64.2. The number of rotatable bonds is 44. The van der Waals surface area contributed by atoms with Crippen LogP contribution in [0.25, 0.3) is 33.6 Å². The summed E-state index contributed by atoms with van der Waals surface area (Å²) in [5, 5.41) is 24.1. The maximum Gasteiger partial charge on any atom is 0.343 e. The van der Waals surface area contributed by atoms with Crippen molar-refractivity contribution in [1.82, 2.24) is 40.2 Å². The second-order valence-electron chi connectivity index (χ2n) is 29.2. The molecule has 3 aliphatic rings. The minimum Gasteiger partial charge on any atom is -0.496 e. The molecule has 3 aromatic carbocycles. The number of amides is 4. The van der Waals surface area contributed by atoms with E-state index in [1.54, 1.807) is 43.2 Å². The van der Waals surface area contributed by atoms with Gasteiger partial charge in [-0.3, -0.25) is 28.5 Å². The quantitative estimate of drug-likeness (QED) is 0.00346. The predicted octanol–water partition coefficient (Wildman–Crippen LogP) is 11.4. The Morgan fingerprint density at radius 2 is 1.48 bits per heavy atom. The molecule has 10 rings (SSSR count). The number of nitrogens with one attached hydrogen (secondary N) is 4. The molecular formula is C80H104N13O15S2+. The topological polar surface area (TPSA) is 371 Å². The van der Waals surface area contributed by atoms with Gasteiger partial charge in [0.2, 0.25) is 17.5 Å². The van der Waals surface area contributed by atoms with Gasteiger partial charge in [0.25, 0.3) is 37.5 Å². The number of hydrogen-bond acceptors (Lipinski definition) is 18. The molecule has 4 aromatic heterocycles. The van der Waals surface area contributed by atoms with Crippen molar-refractivity contribution >= 4 is 72.6 Å². The smallest absolute Gasteiger partial charge is 0.343 e. The number of ether oxygens (including phenoxy) is 3. The molecule has 110 heavy (non-hydrogen) atoms. The molecule has 1 fully saturated rings. The molecule has 0 spiro atoms. The largest absolute Gasteiger partial charge is 0.496 e. The van der Waals surface area contributed by atoms with Crippen LogP contribution in [0.1, 0.15) is 193 Å². The van der Waals surface area contributed by atoms with E-state index >= 15 is 0 Å². The van der Waals surface area contributed by atoms with E-state index < -0.39 is 43.1 Å². The Kier molecular flexibility index (Phi) is 29.8. The summed E-state index contributed by atoms with van der Waals surface area (Å²) in [6.07, 6.45) is 20.5. The number of methoxy groups -OCH3 is 2. The van der Waals surface area contributed by atoms with E-state index in [0.29, 0.717) is 103 Å². The Morgan fingerprint density at radius 1 is 0.773 bits per heavy atom. The van der Waals surface area contributed by atoms with Gasteiger partial charge >= 0.3 is 5.63 Å². The van der Waals surface area contributed by atoms with Crippen LogP contribution in [-0.2, 0) is 59.5 Å². The second-order valence-corrected chi connectivity index (χ2v) is 32.4. The lowest BCUT2D eigenvalue weighted by Crippen LogP contribution is -2.52. The van der Waals surface area contributed by atoms with Gasteiger partial charge < -0.3 is 44.8 Å². The average molecular weight is 1550 g/mol. The molecule has 0 aliphatic heterocycles. The van der Waals surface area contributed by atoms with Crippen LogP contribution in [0.5, 0.6) is 11.5 Å². The summed E-state index contributed by atoms with van der Waals surface area (Å²) in [4.78, 5) is 83.0. The highest BCUT2D eigenvalue weighted by Gasteiger charge is 2.56. The SMILES string of the molecule is CCN(CC)c1ccc2cc(C=Cc3ccc(S(=O)(=O)O)c[n+]3CCCCCC(=O)NCCOCCn3cc(CNC(=O)c4cccc(S(=O)(=O)n5cc(C(=O)NCCCCCCC(=O)NCC6=C[C@H](c7c(OC)cc(C(C)(C)CCCCCCN=[N+]=[N-])cc7OC)[C@@H]7C[C@H]6C7(C)C)ccc5=O)c4)nn3)c(=O)oc2c1. The van der Waals surface area contributed by atoms with Crippen molar-refractivity contribution in [2.75, 3.05) is 71.6 Å². The van der Waals surface area contributed by atoms with E-state index in [1.807, 2.05) is 32.0 Å². The summed E-state index contributed by atoms with van der Waals surface area (Å²) in [6, 6.07) is 22.0. The molecule has 4 heterocycles. The Hall–Kier alpha value is -10.0. The Bertz CT molecular complexity index is 4860.